The Morgan fingerprint density at radius 1 is 1.05 bits per heavy atom. The summed E-state index contributed by atoms with van der Waals surface area (Å²) in [5.41, 5.74) is 7.09. The molecule has 2 amide bonds. The number of carbonyl (C=O) groups excluding carboxylic acids is 2. The fourth-order valence-electron chi connectivity index (χ4n) is 1.78. The summed E-state index contributed by atoms with van der Waals surface area (Å²) in [4.78, 5) is 23.4. The van der Waals surface area contributed by atoms with Gasteiger partial charge in [-0.05, 0) is 42.8 Å². The Kier molecular flexibility index (Phi) is 5.33. The fraction of sp³-hybridized carbons (Fsp3) is 0.0588. The maximum Gasteiger partial charge on any atom is 0.269 e. The second kappa shape index (κ2) is 7.43. The molecule has 0 aliphatic carbocycles. The first-order chi connectivity index (χ1) is 10.5. The summed E-state index contributed by atoms with van der Waals surface area (Å²) in [6.07, 6.45) is 3.04. The number of hydrogen-bond acceptors (Lipinski definition) is 2. The molecule has 2 N–H and O–H groups in total. The topological polar surface area (TPSA) is 58.2 Å². The van der Waals surface area contributed by atoms with Crippen LogP contribution in [0, 0.1) is 6.92 Å². The van der Waals surface area contributed by atoms with Gasteiger partial charge in [0.25, 0.3) is 11.8 Å². The molecule has 0 atom stereocenters. The van der Waals surface area contributed by atoms with Crippen LogP contribution in [0.4, 0.5) is 0 Å². The molecule has 0 aromatic heterocycles. The zero-order valence-electron chi connectivity index (χ0n) is 12.0. The summed E-state index contributed by atoms with van der Waals surface area (Å²) in [5, 5.41) is 0.543. The van der Waals surface area contributed by atoms with Crippen LogP contribution in [-0.4, -0.2) is 11.8 Å². The monoisotopic (exact) mass is 314 g/mol. The van der Waals surface area contributed by atoms with E-state index in [4.69, 9.17) is 11.6 Å². The van der Waals surface area contributed by atoms with Crippen molar-refractivity contribution in [1.82, 2.24) is 10.9 Å². The molecule has 0 unspecified atom stereocenters. The van der Waals surface area contributed by atoms with Gasteiger partial charge < -0.3 is 0 Å². The average Bonchev–Trinajstić information content (AvgIpc) is 2.51. The van der Waals surface area contributed by atoms with E-state index in [0.717, 1.165) is 11.1 Å². The molecule has 4 nitrogen and oxygen atoms in total. The van der Waals surface area contributed by atoms with Crippen molar-refractivity contribution in [2.24, 2.45) is 0 Å². The predicted octanol–water partition coefficient (Wildman–Crippen LogP) is 3.12. The first-order valence-corrected chi connectivity index (χ1v) is 7.03. The van der Waals surface area contributed by atoms with E-state index in [1.54, 1.807) is 30.3 Å². The summed E-state index contributed by atoms with van der Waals surface area (Å²) < 4.78 is 0. The van der Waals surface area contributed by atoms with E-state index in [9.17, 15) is 9.59 Å². The Morgan fingerprint density at radius 2 is 1.77 bits per heavy atom. The van der Waals surface area contributed by atoms with Gasteiger partial charge in [0.05, 0.1) is 0 Å². The number of carbonyl (C=O) groups is 2. The van der Waals surface area contributed by atoms with Gasteiger partial charge in [0.15, 0.2) is 0 Å². The molecule has 2 aromatic rings. The second-order valence-electron chi connectivity index (χ2n) is 4.70. The molecule has 0 bridgehead atoms. The van der Waals surface area contributed by atoms with Gasteiger partial charge in [-0.25, -0.2) is 0 Å². The van der Waals surface area contributed by atoms with Crippen molar-refractivity contribution in [3.63, 3.8) is 0 Å². The van der Waals surface area contributed by atoms with Crippen LogP contribution >= 0.6 is 11.6 Å². The van der Waals surface area contributed by atoms with Crippen molar-refractivity contribution in [3.05, 3.63) is 76.3 Å². The van der Waals surface area contributed by atoms with Crippen LogP contribution in [0.1, 0.15) is 21.5 Å². The molecule has 0 aliphatic rings. The van der Waals surface area contributed by atoms with Crippen molar-refractivity contribution in [2.75, 3.05) is 0 Å². The Labute approximate surface area is 133 Å². The molecule has 5 heteroatoms. The Hall–Kier alpha value is -2.59. The quantitative estimate of drug-likeness (QED) is 0.675. The third-order valence-corrected chi connectivity index (χ3v) is 3.13. The molecule has 2 rings (SSSR count). The maximum absolute atomic E-state index is 11.8. The molecule has 0 heterocycles. The molecule has 0 saturated heterocycles. The van der Waals surface area contributed by atoms with E-state index in [-0.39, 0.29) is 0 Å². The molecule has 112 valence electrons. The number of aryl methyl sites for hydroxylation is 1. The van der Waals surface area contributed by atoms with Crippen LogP contribution in [-0.2, 0) is 4.79 Å². The minimum Gasteiger partial charge on any atom is -0.268 e. The summed E-state index contributed by atoms with van der Waals surface area (Å²) in [7, 11) is 0. The summed E-state index contributed by atoms with van der Waals surface area (Å²) >= 11 is 5.74. The first-order valence-electron chi connectivity index (χ1n) is 6.65. The van der Waals surface area contributed by atoms with Crippen LogP contribution in [0.3, 0.4) is 0 Å². The van der Waals surface area contributed by atoms with E-state index in [1.807, 2.05) is 31.2 Å². The van der Waals surface area contributed by atoms with Gasteiger partial charge in [-0.15, -0.1) is 0 Å². The molecular weight excluding hydrogens is 300 g/mol. The van der Waals surface area contributed by atoms with E-state index in [2.05, 4.69) is 10.9 Å². The Bertz CT molecular complexity index is 709. The van der Waals surface area contributed by atoms with Crippen LogP contribution in [0.2, 0.25) is 5.02 Å². The minimum atomic E-state index is -0.413. The number of rotatable bonds is 3. The normalized spacial score (nSPS) is 10.5. The van der Waals surface area contributed by atoms with Crippen molar-refractivity contribution in [3.8, 4) is 0 Å². The summed E-state index contributed by atoms with van der Waals surface area (Å²) in [5.74, 6) is -0.821. The van der Waals surface area contributed by atoms with Crippen molar-refractivity contribution >= 4 is 29.5 Å². The highest BCUT2D eigenvalue weighted by Gasteiger charge is 2.05. The molecule has 2 aromatic carbocycles. The van der Waals surface area contributed by atoms with Gasteiger partial charge in [-0.2, -0.15) is 0 Å². The standard InChI is InChI=1S/C17H15ClN2O2/c1-12-3-2-4-13(11-12)5-10-16(21)19-20-17(22)14-6-8-15(18)9-7-14/h2-11H,1H3,(H,19,21)(H,20,22)/b10-5+. The van der Waals surface area contributed by atoms with Gasteiger partial charge in [0, 0.05) is 16.7 Å². The third-order valence-electron chi connectivity index (χ3n) is 2.87. The van der Waals surface area contributed by atoms with Gasteiger partial charge in [-0.1, -0.05) is 41.4 Å². The predicted molar refractivity (Wildman–Crippen MR) is 87.3 cm³/mol. The Balaban J connectivity index is 1.87. The van der Waals surface area contributed by atoms with Crippen molar-refractivity contribution in [2.45, 2.75) is 6.92 Å². The van der Waals surface area contributed by atoms with E-state index in [0.29, 0.717) is 10.6 Å². The molecule has 0 saturated carbocycles. The van der Waals surface area contributed by atoms with Crippen LogP contribution in [0.15, 0.2) is 54.6 Å². The molecule has 0 spiro atoms. The summed E-state index contributed by atoms with van der Waals surface area (Å²) in [6, 6.07) is 14.1. The van der Waals surface area contributed by atoms with Crippen molar-refractivity contribution in [1.29, 1.82) is 0 Å². The van der Waals surface area contributed by atoms with E-state index < -0.39 is 11.8 Å². The van der Waals surface area contributed by atoms with E-state index in [1.165, 1.54) is 6.08 Å². The Morgan fingerprint density at radius 3 is 2.45 bits per heavy atom. The fourth-order valence-corrected chi connectivity index (χ4v) is 1.91. The highest BCUT2D eigenvalue weighted by molar-refractivity contribution is 6.30. The maximum atomic E-state index is 11.8. The van der Waals surface area contributed by atoms with Crippen LogP contribution < -0.4 is 10.9 Å². The summed E-state index contributed by atoms with van der Waals surface area (Å²) in [6.45, 7) is 1.98. The first kappa shape index (κ1) is 15.8. The molecule has 22 heavy (non-hydrogen) atoms. The van der Waals surface area contributed by atoms with Gasteiger partial charge in [0.1, 0.15) is 0 Å². The van der Waals surface area contributed by atoms with Crippen LogP contribution in [0.25, 0.3) is 6.08 Å². The van der Waals surface area contributed by atoms with Gasteiger partial charge >= 0.3 is 0 Å². The lowest BCUT2D eigenvalue weighted by atomic mass is 10.1. The number of benzene rings is 2. The number of hydrazine groups is 1. The number of hydrogen-bond donors (Lipinski definition) is 2. The second-order valence-corrected chi connectivity index (χ2v) is 5.13. The highest BCUT2D eigenvalue weighted by Crippen LogP contribution is 2.09. The third kappa shape index (κ3) is 4.75. The number of halogens is 1. The highest BCUT2D eigenvalue weighted by atomic mass is 35.5. The zero-order chi connectivity index (χ0) is 15.9. The smallest absolute Gasteiger partial charge is 0.268 e. The lowest BCUT2D eigenvalue weighted by Crippen LogP contribution is -2.40. The van der Waals surface area contributed by atoms with Crippen molar-refractivity contribution < 1.29 is 9.59 Å². The number of nitrogens with one attached hydrogen (secondary N) is 2. The lowest BCUT2D eigenvalue weighted by molar-refractivity contribution is -0.117. The molecular formula is C17H15ClN2O2. The van der Waals surface area contributed by atoms with Gasteiger partial charge in [-0.3, -0.25) is 20.4 Å². The molecule has 0 aliphatic heterocycles. The largest absolute Gasteiger partial charge is 0.269 e. The molecule has 0 radical (unpaired) electrons. The lowest BCUT2D eigenvalue weighted by Gasteiger charge is -2.05. The van der Waals surface area contributed by atoms with E-state index >= 15 is 0 Å². The minimum absolute atomic E-state index is 0.408. The SMILES string of the molecule is Cc1cccc(/C=C/C(=O)NNC(=O)c2ccc(Cl)cc2)c1. The average molecular weight is 315 g/mol. The van der Waals surface area contributed by atoms with Crippen LogP contribution in [0.5, 0.6) is 0 Å². The number of amides is 2. The zero-order valence-corrected chi connectivity index (χ0v) is 12.7. The molecule has 0 fully saturated rings. The van der Waals surface area contributed by atoms with Gasteiger partial charge in [0.2, 0.25) is 0 Å².